The zero-order valence-electron chi connectivity index (χ0n) is 22.8. The minimum absolute atomic E-state index is 0.0464. The summed E-state index contributed by atoms with van der Waals surface area (Å²) in [6, 6.07) is 25.3. The number of aryl methyl sites for hydroxylation is 1. The number of halogens is 1. The maximum Gasteiger partial charge on any atom is 0.264 e. The summed E-state index contributed by atoms with van der Waals surface area (Å²) in [5.74, 6) is -1.69. The van der Waals surface area contributed by atoms with Crippen molar-refractivity contribution in [3.8, 4) is 0 Å². The van der Waals surface area contributed by atoms with E-state index in [4.69, 9.17) is 0 Å². The average Bonchev–Trinajstić information content (AvgIpc) is 2.92. The third kappa shape index (κ3) is 6.46. The van der Waals surface area contributed by atoms with E-state index < -0.39 is 28.3 Å². The maximum atomic E-state index is 14.7. The van der Waals surface area contributed by atoms with E-state index in [9.17, 15) is 22.4 Å². The second-order valence-corrected chi connectivity index (χ2v) is 12.4. The standard InChI is InChI=1S/C32H31FN2O4S/c1-22-12-18-27(19-13-22)40(38,39)35(29-11-6-5-10-28(29)33)21-30(36)34-26-9-7-8-24(20-26)31(37)23-14-16-25(17-15-23)32(2,3)4/h5-20H,21H2,1-4H3,(H,34,36). The number of nitrogens with zero attached hydrogens (tertiary/aromatic N) is 1. The van der Waals surface area contributed by atoms with E-state index in [1.807, 2.05) is 19.1 Å². The average molecular weight is 559 g/mol. The summed E-state index contributed by atoms with van der Waals surface area (Å²) in [6.07, 6.45) is 0. The van der Waals surface area contributed by atoms with Crippen molar-refractivity contribution < 1.29 is 22.4 Å². The molecule has 0 aliphatic heterocycles. The van der Waals surface area contributed by atoms with Gasteiger partial charge in [0, 0.05) is 16.8 Å². The predicted octanol–water partition coefficient (Wildman–Crippen LogP) is 6.50. The van der Waals surface area contributed by atoms with Crippen molar-refractivity contribution in [3.63, 3.8) is 0 Å². The lowest BCUT2D eigenvalue weighted by molar-refractivity contribution is -0.114. The van der Waals surface area contributed by atoms with Gasteiger partial charge in [0.1, 0.15) is 12.4 Å². The third-order valence-electron chi connectivity index (χ3n) is 6.44. The molecule has 1 N–H and O–H groups in total. The lowest BCUT2D eigenvalue weighted by Crippen LogP contribution is -2.38. The van der Waals surface area contributed by atoms with Crippen LogP contribution in [0.4, 0.5) is 15.8 Å². The van der Waals surface area contributed by atoms with Crippen molar-refractivity contribution in [1.82, 2.24) is 0 Å². The summed E-state index contributed by atoms with van der Waals surface area (Å²) in [6.45, 7) is 7.42. The Bertz CT molecular complexity index is 1640. The number of ketones is 1. The smallest absolute Gasteiger partial charge is 0.264 e. The molecule has 0 unspecified atom stereocenters. The van der Waals surface area contributed by atoms with Crippen molar-refractivity contribution in [2.45, 2.75) is 38.0 Å². The molecule has 0 saturated heterocycles. The number of anilines is 2. The lowest BCUT2D eigenvalue weighted by Gasteiger charge is -2.24. The topological polar surface area (TPSA) is 83.6 Å². The fourth-order valence-corrected chi connectivity index (χ4v) is 5.58. The van der Waals surface area contributed by atoms with E-state index in [0.29, 0.717) is 16.8 Å². The van der Waals surface area contributed by atoms with Crippen molar-refractivity contribution in [2.75, 3.05) is 16.2 Å². The van der Waals surface area contributed by atoms with Gasteiger partial charge in [-0.3, -0.25) is 13.9 Å². The number of amides is 1. The van der Waals surface area contributed by atoms with Gasteiger partial charge in [-0.1, -0.05) is 87.0 Å². The normalized spacial score (nSPS) is 11.6. The number of carbonyl (C=O) groups is 2. The number of carbonyl (C=O) groups excluding carboxylic acids is 2. The summed E-state index contributed by atoms with van der Waals surface area (Å²) < 4.78 is 42.5. The van der Waals surface area contributed by atoms with Crippen LogP contribution in [0.15, 0.2) is 102 Å². The van der Waals surface area contributed by atoms with Gasteiger partial charge in [0.15, 0.2) is 5.78 Å². The molecule has 4 rings (SSSR count). The molecule has 0 fully saturated rings. The monoisotopic (exact) mass is 558 g/mol. The van der Waals surface area contributed by atoms with E-state index in [2.05, 4.69) is 26.1 Å². The number of benzene rings is 4. The van der Waals surface area contributed by atoms with Crippen LogP contribution in [0.5, 0.6) is 0 Å². The molecule has 0 saturated carbocycles. The van der Waals surface area contributed by atoms with Crippen LogP contribution >= 0.6 is 0 Å². The Morgan fingerprint density at radius 1 is 0.825 bits per heavy atom. The van der Waals surface area contributed by atoms with Crippen LogP contribution in [-0.2, 0) is 20.2 Å². The first-order valence-corrected chi connectivity index (χ1v) is 14.2. The van der Waals surface area contributed by atoms with E-state index >= 15 is 0 Å². The second kappa shape index (κ2) is 11.4. The highest BCUT2D eigenvalue weighted by Crippen LogP contribution is 2.27. The Morgan fingerprint density at radius 3 is 2.10 bits per heavy atom. The van der Waals surface area contributed by atoms with E-state index in [0.717, 1.165) is 21.5 Å². The molecule has 0 aromatic heterocycles. The Labute approximate surface area is 234 Å². The Morgan fingerprint density at radius 2 is 1.48 bits per heavy atom. The summed E-state index contributed by atoms with van der Waals surface area (Å²) in [5, 5.41) is 2.65. The number of hydrogen-bond acceptors (Lipinski definition) is 4. The Balaban J connectivity index is 1.57. The van der Waals surface area contributed by atoms with Crippen molar-refractivity contribution in [1.29, 1.82) is 0 Å². The van der Waals surface area contributed by atoms with Crippen LogP contribution in [0.1, 0.15) is 47.8 Å². The van der Waals surface area contributed by atoms with Gasteiger partial charge in [-0.05, 0) is 54.3 Å². The van der Waals surface area contributed by atoms with Gasteiger partial charge in [0.25, 0.3) is 10.0 Å². The minimum Gasteiger partial charge on any atom is -0.324 e. The van der Waals surface area contributed by atoms with Crippen LogP contribution in [0.2, 0.25) is 0 Å². The highest BCUT2D eigenvalue weighted by Gasteiger charge is 2.29. The number of rotatable bonds is 8. The Hall–Kier alpha value is -4.30. The minimum atomic E-state index is -4.27. The molecule has 40 heavy (non-hydrogen) atoms. The van der Waals surface area contributed by atoms with E-state index in [1.54, 1.807) is 42.5 Å². The number of nitrogens with one attached hydrogen (secondary N) is 1. The fourth-order valence-electron chi connectivity index (χ4n) is 4.15. The highest BCUT2D eigenvalue weighted by molar-refractivity contribution is 7.92. The largest absolute Gasteiger partial charge is 0.324 e. The van der Waals surface area contributed by atoms with Crippen LogP contribution in [0, 0.1) is 12.7 Å². The molecular formula is C32H31FN2O4S. The van der Waals surface area contributed by atoms with Crippen molar-refractivity contribution in [2.24, 2.45) is 0 Å². The van der Waals surface area contributed by atoms with Crippen LogP contribution < -0.4 is 9.62 Å². The molecule has 0 atom stereocenters. The van der Waals surface area contributed by atoms with Crippen LogP contribution in [0.3, 0.4) is 0 Å². The van der Waals surface area contributed by atoms with Gasteiger partial charge in [-0.15, -0.1) is 0 Å². The zero-order chi connectivity index (χ0) is 29.1. The molecule has 206 valence electrons. The molecule has 4 aromatic rings. The third-order valence-corrected chi connectivity index (χ3v) is 8.21. The summed E-state index contributed by atoms with van der Waals surface area (Å²) in [4.78, 5) is 26.1. The summed E-state index contributed by atoms with van der Waals surface area (Å²) in [5.41, 5.74) is 2.84. The summed E-state index contributed by atoms with van der Waals surface area (Å²) >= 11 is 0. The SMILES string of the molecule is Cc1ccc(S(=O)(=O)N(CC(=O)Nc2cccc(C(=O)c3ccc(C(C)(C)C)cc3)c2)c2ccccc2F)cc1. The molecule has 4 aromatic carbocycles. The molecule has 0 bridgehead atoms. The first-order valence-electron chi connectivity index (χ1n) is 12.8. The second-order valence-electron chi connectivity index (χ2n) is 10.6. The van der Waals surface area contributed by atoms with Gasteiger partial charge in [0.05, 0.1) is 10.6 Å². The zero-order valence-corrected chi connectivity index (χ0v) is 23.6. The van der Waals surface area contributed by atoms with Crippen LogP contribution in [0.25, 0.3) is 0 Å². The van der Waals surface area contributed by atoms with Gasteiger partial charge in [0.2, 0.25) is 5.91 Å². The highest BCUT2D eigenvalue weighted by atomic mass is 32.2. The molecule has 0 heterocycles. The number of para-hydroxylation sites is 1. The maximum absolute atomic E-state index is 14.7. The predicted molar refractivity (Wildman–Crippen MR) is 156 cm³/mol. The molecule has 0 aliphatic carbocycles. The quantitative estimate of drug-likeness (QED) is 0.250. The van der Waals surface area contributed by atoms with Gasteiger partial charge in [-0.2, -0.15) is 0 Å². The molecule has 1 amide bonds. The molecule has 0 radical (unpaired) electrons. The molecule has 8 heteroatoms. The van der Waals surface area contributed by atoms with Crippen molar-refractivity contribution in [3.05, 3.63) is 125 Å². The van der Waals surface area contributed by atoms with E-state index in [-0.39, 0.29) is 21.8 Å². The first kappa shape index (κ1) is 28.7. The van der Waals surface area contributed by atoms with E-state index in [1.165, 1.54) is 36.4 Å². The first-order chi connectivity index (χ1) is 18.9. The van der Waals surface area contributed by atoms with Crippen molar-refractivity contribution >= 4 is 33.1 Å². The van der Waals surface area contributed by atoms with Gasteiger partial charge >= 0.3 is 0 Å². The van der Waals surface area contributed by atoms with Gasteiger partial charge < -0.3 is 5.32 Å². The van der Waals surface area contributed by atoms with Crippen LogP contribution in [-0.4, -0.2) is 26.7 Å². The fraction of sp³-hybridized carbons (Fsp3) is 0.188. The lowest BCUT2D eigenvalue weighted by atomic mass is 9.86. The molecule has 0 spiro atoms. The van der Waals surface area contributed by atoms with Gasteiger partial charge in [-0.25, -0.2) is 12.8 Å². The molecular weight excluding hydrogens is 527 g/mol. The number of hydrogen-bond donors (Lipinski definition) is 1. The Kier molecular flexibility index (Phi) is 8.21. The molecule has 6 nitrogen and oxygen atoms in total. The molecule has 0 aliphatic rings. The summed E-state index contributed by atoms with van der Waals surface area (Å²) in [7, 11) is -4.27. The number of sulfonamides is 1.